The van der Waals surface area contributed by atoms with Gasteiger partial charge in [-0.05, 0) is 0 Å². The van der Waals surface area contributed by atoms with E-state index in [0.29, 0.717) is 26.4 Å². The first-order valence-corrected chi connectivity index (χ1v) is 6.20. The Morgan fingerprint density at radius 2 is 1.06 bits per heavy atom. The molecule has 0 radical (unpaired) electrons. The van der Waals surface area contributed by atoms with Crippen LogP contribution >= 0.6 is 0 Å². The molecule has 0 amide bonds. The summed E-state index contributed by atoms with van der Waals surface area (Å²) >= 11 is 0. The van der Waals surface area contributed by atoms with Gasteiger partial charge in [0.2, 0.25) is 0 Å². The summed E-state index contributed by atoms with van der Waals surface area (Å²) in [7, 11) is 0. The molecule has 0 fully saturated rings. The Kier molecular flexibility index (Phi) is 23.1. The molecule has 0 heterocycles. The summed E-state index contributed by atoms with van der Waals surface area (Å²) in [5.41, 5.74) is 0. The van der Waals surface area contributed by atoms with E-state index in [1.54, 1.807) is 0 Å². The molecule has 0 aliphatic carbocycles. The highest BCUT2D eigenvalue weighted by Crippen LogP contribution is 1.95. The van der Waals surface area contributed by atoms with E-state index in [1.165, 1.54) is 25.7 Å². The normalized spacial score (nSPS) is 9.75. The second kappa shape index (κ2) is 20.3. The maximum absolute atomic E-state index is 8.26. The second-order valence-electron chi connectivity index (χ2n) is 3.38. The number of aliphatic hydroxyl groups is 2. The topological polar surface area (TPSA) is 58.9 Å². The average molecular weight is 236 g/mol. The largest absolute Gasteiger partial charge is 0.394 e. The Morgan fingerprint density at radius 1 is 0.688 bits per heavy atom. The van der Waals surface area contributed by atoms with Gasteiger partial charge in [-0.3, -0.25) is 0 Å². The summed E-state index contributed by atoms with van der Waals surface area (Å²) in [5, 5.41) is 16.5. The minimum Gasteiger partial charge on any atom is -0.394 e. The van der Waals surface area contributed by atoms with Gasteiger partial charge in [0.15, 0.2) is 0 Å². The van der Waals surface area contributed by atoms with Crippen molar-refractivity contribution < 1.29 is 19.7 Å². The number of hydrogen-bond donors (Lipinski definition) is 2. The van der Waals surface area contributed by atoms with Crippen LogP contribution in [0.3, 0.4) is 0 Å². The quantitative estimate of drug-likeness (QED) is 0.566. The number of hydrogen-bond acceptors (Lipinski definition) is 4. The summed E-state index contributed by atoms with van der Waals surface area (Å²) in [4.78, 5) is 0. The van der Waals surface area contributed by atoms with Crippen molar-refractivity contribution in [2.45, 2.75) is 39.5 Å². The molecule has 0 aromatic heterocycles. The van der Waals surface area contributed by atoms with Crippen LogP contribution in [0.4, 0.5) is 0 Å². The molecule has 2 N–H and O–H groups in total. The molecular formula is C12H28O4. The van der Waals surface area contributed by atoms with E-state index in [4.69, 9.17) is 19.7 Å². The third-order valence-electron chi connectivity index (χ3n) is 1.80. The molecule has 0 aromatic carbocycles. The van der Waals surface area contributed by atoms with E-state index in [-0.39, 0.29) is 13.2 Å². The molecule has 0 saturated heterocycles. The molecule has 0 unspecified atom stereocenters. The summed E-state index contributed by atoms with van der Waals surface area (Å²) in [6, 6.07) is 0. The fourth-order valence-electron chi connectivity index (χ4n) is 0.951. The maximum Gasteiger partial charge on any atom is 0.0701 e. The molecule has 0 aliphatic heterocycles. The number of ether oxygens (including phenoxy) is 2. The van der Waals surface area contributed by atoms with Gasteiger partial charge < -0.3 is 19.7 Å². The van der Waals surface area contributed by atoms with Gasteiger partial charge in [0.05, 0.1) is 39.6 Å². The van der Waals surface area contributed by atoms with Gasteiger partial charge in [-0.1, -0.05) is 39.5 Å². The SMILES string of the molecule is CCCCCC.OCCOCCOCCO. The molecule has 0 spiro atoms. The summed E-state index contributed by atoms with van der Waals surface area (Å²) in [6.45, 7) is 6.19. The molecule has 0 saturated carbocycles. The van der Waals surface area contributed by atoms with Crippen LogP contribution in [0.1, 0.15) is 39.5 Å². The van der Waals surface area contributed by atoms with Crippen LogP contribution in [-0.4, -0.2) is 49.9 Å². The lowest BCUT2D eigenvalue weighted by atomic mass is 10.2. The zero-order valence-electron chi connectivity index (χ0n) is 10.8. The number of aliphatic hydroxyl groups excluding tert-OH is 2. The Morgan fingerprint density at radius 3 is 1.31 bits per heavy atom. The Balaban J connectivity index is 0. The molecule has 0 aromatic rings. The van der Waals surface area contributed by atoms with E-state index in [9.17, 15) is 0 Å². The average Bonchev–Trinajstić information content (AvgIpc) is 2.32. The van der Waals surface area contributed by atoms with Crippen molar-refractivity contribution in [2.75, 3.05) is 39.6 Å². The van der Waals surface area contributed by atoms with Crippen molar-refractivity contribution in [1.29, 1.82) is 0 Å². The van der Waals surface area contributed by atoms with Gasteiger partial charge in [-0.2, -0.15) is 0 Å². The van der Waals surface area contributed by atoms with Crippen molar-refractivity contribution in [3.05, 3.63) is 0 Å². The highest BCUT2D eigenvalue weighted by Gasteiger charge is 1.86. The Hall–Kier alpha value is -0.160. The van der Waals surface area contributed by atoms with Gasteiger partial charge in [0.1, 0.15) is 0 Å². The summed E-state index contributed by atoms with van der Waals surface area (Å²) in [5.74, 6) is 0. The predicted molar refractivity (Wildman–Crippen MR) is 65.6 cm³/mol. The second-order valence-corrected chi connectivity index (χ2v) is 3.38. The molecule has 4 heteroatoms. The van der Waals surface area contributed by atoms with Crippen molar-refractivity contribution in [2.24, 2.45) is 0 Å². The Labute approximate surface area is 99.6 Å². The van der Waals surface area contributed by atoms with Crippen LogP contribution in [0.5, 0.6) is 0 Å². The van der Waals surface area contributed by atoms with Crippen LogP contribution in [0, 0.1) is 0 Å². The lowest BCUT2D eigenvalue weighted by Gasteiger charge is -2.01. The summed E-state index contributed by atoms with van der Waals surface area (Å²) in [6.07, 6.45) is 5.54. The van der Waals surface area contributed by atoms with Gasteiger partial charge in [0, 0.05) is 0 Å². The fourth-order valence-corrected chi connectivity index (χ4v) is 0.951. The molecular weight excluding hydrogens is 208 g/mol. The molecule has 0 rings (SSSR count). The third kappa shape index (κ3) is 23.6. The van der Waals surface area contributed by atoms with E-state index in [1.807, 2.05) is 0 Å². The molecule has 0 aliphatic rings. The van der Waals surface area contributed by atoms with Crippen molar-refractivity contribution >= 4 is 0 Å². The van der Waals surface area contributed by atoms with Gasteiger partial charge in [0.25, 0.3) is 0 Å². The first kappa shape index (κ1) is 18.2. The molecule has 4 nitrogen and oxygen atoms in total. The van der Waals surface area contributed by atoms with E-state index >= 15 is 0 Å². The molecule has 16 heavy (non-hydrogen) atoms. The highest BCUT2D eigenvalue weighted by atomic mass is 16.5. The smallest absolute Gasteiger partial charge is 0.0701 e. The van der Waals surface area contributed by atoms with Gasteiger partial charge in [-0.15, -0.1) is 0 Å². The van der Waals surface area contributed by atoms with Gasteiger partial charge >= 0.3 is 0 Å². The molecule has 0 atom stereocenters. The predicted octanol–water partition coefficient (Wildman–Crippen LogP) is 1.59. The monoisotopic (exact) mass is 236 g/mol. The minimum absolute atomic E-state index is 0.0417. The Bertz CT molecular complexity index is 87.0. The van der Waals surface area contributed by atoms with Crippen LogP contribution in [-0.2, 0) is 9.47 Å². The van der Waals surface area contributed by atoms with Crippen LogP contribution in [0.25, 0.3) is 0 Å². The lowest BCUT2D eigenvalue weighted by Crippen LogP contribution is -2.09. The highest BCUT2D eigenvalue weighted by molar-refractivity contribution is 4.31. The van der Waals surface area contributed by atoms with Crippen molar-refractivity contribution in [1.82, 2.24) is 0 Å². The zero-order valence-corrected chi connectivity index (χ0v) is 10.8. The van der Waals surface area contributed by atoms with Crippen molar-refractivity contribution in [3.63, 3.8) is 0 Å². The number of unbranched alkanes of at least 4 members (excludes halogenated alkanes) is 3. The van der Waals surface area contributed by atoms with E-state index in [0.717, 1.165) is 0 Å². The lowest BCUT2D eigenvalue weighted by molar-refractivity contribution is 0.0222. The zero-order chi connectivity index (χ0) is 12.5. The first-order chi connectivity index (χ1) is 7.83. The minimum atomic E-state index is 0.0417. The van der Waals surface area contributed by atoms with Crippen LogP contribution < -0.4 is 0 Å². The maximum atomic E-state index is 8.26. The van der Waals surface area contributed by atoms with Crippen LogP contribution in [0.2, 0.25) is 0 Å². The molecule has 100 valence electrons. The van der Waals surface area contributed by atoms with Gasteiger partial charge in [-0.25, -0.2) is 0 Å². The van der Waals surface area contributed by atoms with Crippen molar-refractivity contribution in [3.8, 4) is 0 Å². The standard InChI is InChI=1S/C6H14O4.C6H14/c7-1-3-9-5-6-10-4-2-8;1-3-5-6-4-2/h7-8H,1-6H2;3-6H2,1-2H3. The summed E-state index contributed by atoms with van der Waals surface area (Å²) < 4.78 is 9.75. The molecule has 0 bridgehead atoms. The fraction of sp³-hybridized carbons (Fsp3) is 1.00. The number of rotatable bonds is 10. The first-order valence-electron chi connectivity index (χ1n) is 6.20. The van der Waals surface area contributed by atoms with E-state index in [2.05, 4.69) is 13.8 Å². The van der Waals surface area contributed by atoms with Crippen LogP contribution in [0.15, 0.2) is 0 Å². The third-order valence-corrected chi connectivity index (χ3v) is 1.80. The van der Waals surface area contributed by atoms with E-state index < -0.39 is 0 Å².